The van der Waals surface area contributed by atoms with Crippen LogP contribution in [0.1, 0.15) is 23.1 Å². The van der Waals surface area contributed by atoms with Crippen molar-refractivity contribution in [1.82, 2.24) is 0 Å². The number of anilines is 3. The topological polar surface area (TPSA) is 87.7 Å². The van der Waals surface area contributed by atoms with E-state index >= 15 is 0 Å². The number of hydrogen-bond donors (Lipinski definition) is 2. The van der Waals surface area contributed by atoms with Gasteiger partial charge in [-0.1, -0.05) is 6.07 Å². The van der Waals surface area contributed by atoms with Crippen LogP contribution >= 0.6 is 0 Å². The van der Waals surface area contributed by atoms with E-state index in [0.717, 1.165) is 28.8 Å². The van der Waals surface area contributed by atoms with Crippen LogP contribution in [0, 0.1) is 6.92 Å². The number of carbonyl (C=O) groups excluding carboxylic acids is 3. The van der Waals surface area contributed by atoms with Gasteiger partial charge in [0.1, 0.15) is 5.75 Å². The van der Waals surface area contributed by atoms with Gasteiger partial charge in [0.25, 0.3) is 0 Å². The number of nitrogens with one attached hydrogen (secondary N) is 2. The number of hydrogen-bond acceptors (Lipinski definition) is 4. The number of ether oxygens (including phenoxy) is 1. The highest BCUT2D eigenvalue weighted by Gasteiger charge is 2.31. The smallest absolute Gasteiger partial charge is 0.314 e. The summed E-state index contributed by atoms with van der Waals surface area (Å²) in [5, 5.41) is 5.27. The van der Waals surface area contributed by atoms with Crippen LogP contribution in [0.25, 0.3) is 0 Å². The van der Waals surface area contributed by atoms with E-state index in [2.05, 4.69) is 10.6 Å². The molecule has 144 valence electrons. The van der Waals surface area contributed by atoms with Gasteiger partial charge in [-0.25, -0.2) is 0 Å². The van der Waals surface area contributed by atoms with Crippen molar-refractivity contribution in [2.45, 2.75) is 26.2 Å². The van der Waals surface area contributed by atoms with Crippen LogP contribution in [0.15, 0.2) is 30.3 Å². The molecule has 2 aromatic carbocycles. The number of aryl methyl sites for hydroxylation is 2. The zero-order valence-corrected chi connectivity index (χ0v) is 15.8. The molecule has 0 atom stereocenters. The first-order valence-electron chi connectivity index (χ1n) is 9.19. The van der Waals surface area contributed by atoms with Gasteiger partial charge in [0, 0.05) is 18.7 Å². The highest BCUT2D eigenvalue weighted by atomic mass is 16.5. The first kappa shape index (κ1) is 18.0. The lowest BCUT2D eigenvalue weighted by Gasteiger charge is -2.25. The molecule has 0 fully saturated rings. The lowest BCUT2D eigenvalue weighted by atomic mass is 9.98. The Labute approximate surface area is 162 Å². The van der Waals surface area contributed by atoms with E-state index < -0.39 is 11.8 Å². The Bertz CT molecular complexity index is 999. The summed E-state index contributed by atoms with van der Waals surface area (Å²) in [7, 11) is 1.50. The second-order valence-electron chi connectivity index (χ2n) is 7.05. The summed E-state index contributed by atoms with van der Waals surface area (Å²) in [6.45, 7) is 2.56. The lowest BCUT2D eigenvalue weighted by molar-refractivity contribution is -0.133. The summed E-state index contributed by atoms with van der Waals surface area (Å²) >= 11 is 0. The third kappa shape index (κ3) is 3.19. The fourth-order valence-corrected chi connectivity index (χ4v) is 3.82. The molecule has 7 heteroatoms. The Morgan fingerprint density at radius 3 is 2.46 bits per heavy atom. The van der Waals surface area contributed by atoms with Crippen LogP contribution in [-0.4, -0.2) is 31.4 Å². The molecule has 2 aliphatic rings. The maximum absolute atomic E-state index is 12.4. The SMILES string of the molecule is COc1ccc(C)cc1NC(=O)C(=O)Nc1cc2c3c(c1)CCN3C(=O)CC2. The second-order valence-corrected chi connectivity index (χ2v) is 7.05. The normalized spacial score (nSPS) is 14.5. The molecule has 28 heavy (non-hydrogen) atoms. The van der Waals surface area contributed by atoms with Gasteiger partial charge in [0.15, 0.2) is 0 Å². The van der Waals surface area contributed by atoms with Crippen molar-refractivity contribution in [3.05, 3.63) is 47.0 Å². The molecule has 0 saturated carbocycles. The van der Waals surface area contributed by atoms with Gasteiger partial charge in [0.05, 0.1) is 18.5 Å². The number of benzene rings is 2. The van der Waals surface area contributed by atoms with Crippen molar-refractivity contribution in [2.24, 2.45) is 0 Å². The number of nitrogens with zero attached hydrogens (tertiary/aromatic N) is 1. The van der Waals surface area contributed by atoms with Crippen molar-refractivity contribution in [3.8, 4) is 5.75 Å². The highest BCUT2D eigenvalue weighted by Crippen LogP contribution is 2.38. The standard InChI is InChI=1S/C21H21N3O4/c1-12-3-5-17(28-2)16(9-12)23-21(27)20(26)22-15-10-13-4-6-18(25)24-8-7-14(11-15)19(13)24/h3,5,9-11H,4,6-8H2,1-2H3,(H,22,26)(H,23,27). The largest absolute Gasteiger partial charge is 0.495 e. The second kappa shape index (κ2) is 6.99. The summed E-state index contributed by atoms with van der Waals surface area (Å²) in [6, 6.07) is 9.03. The average molecular weight is 379 g/mol. The number of carbonyl (C=O) groups is 3. The van der Waals surface area contributed by atoms with E-state index in [-0.39, 0.29) is 5.91 Å². The fraction of sp³-hybridized carbons (Fsp3) is 0.286. The quantitative estimate of drug-likeness (QED) is 0.802. The maximum Gasteiger partial charge on any atom is 0.314 e. The van der Waals surface area contributed by atoms with Gasteiger partial charge in [0.2, 0.25) is 5.91 Å². The van der Waals surface area contributed by atoms with Crippen LogP contribution < -0.4 is 20.3 Å². The van der Waals surface area contributed by atoms with E-state index in [4.69, 9.17) is 4.74 Å². The van der Waals surface area contributed by atoms with Crippen LogP contribution in [0.4, 0.5) is 17.1 Å². The zero-order valence-electron chi connectivity index (χ0n) is 15.8. The molecule has 0 unspecified atom stereocenters. The molecular weight excluding hydrogens is 358 g/mol. The highest BCUT2D eigenvalue weighted by molar-refractivity contribution is 6.43. The lowest BCUT2D eigenvalue weighted by Crippen LogP contribution is -2.33. The molecule has 0 radical (unpaired) electrons. The van der Waals surface area contributed by atoms with Crippen LogP contribution in [-0.2, 0) is 27.2 Å². The molecule has 4 rings (SSSR count). The summed E-state index contributed by atoms with van der Waals surface area (Å²) in [5.74, 6) is -0.889. The monoisotopic (exact) mass is 379 g/mol. The van der Waals surface area contributed by atoms with Crippen LogP contribution in [0.3, 0.4) is 0 Å². The van der Waals surface area contributed by atoms with Gasteiger partial charge in [-0.2, -0.15) is 0 Å². The van der Waals surface area contributed by atoms with E-state index in [1.807, 2.05) is 30.0 Å². The van der Waals surface area contributed by atoms with E-state index in [1.54, 1.807) is 12.1 Å². The average Bonchev–Trinajstić information content (AvgIpc) is 3.10. The molecule has 2 N–H and O–H groups in total. The predicted molar refractivity (Wildman–Crippen MR) is 106 cm³/mol. The zero-order chi connectivity index (χ0) is 19.8. The van der Waals surface area contributed by atoms with Gasteiger partial charge in [-0.3, -0.25) is 14.4 Å². The third-order valence-corrected chi connectivity index (χ3v) is 5.12. The van der Waals surface area contributed by atoms with E-state index in [9.17, 15) is 14.4 Å². The van der Waals surface area contributed by atoms with Gasteiger partial charge < -0.3 is 20.3 Å². The number of methoxy groups -OCH3 is 1. The van der Waals surface area contributed by atoms with Crippen molar-refractivity contribution < 1.29 is 19.1 Å². The maximum atomic E-state index is 12.4. The number of rotatable bonds is 3. The molecule has 7 nitrogen and oxygen atoms in total. The van der Waals surface area contributed by atoms with Crippen LogP contribution in [0.5, 0.6) is 5.75 Å². The van der Waals surface area contributed by atoms with E-state index in [0.29, 0.717) is 36.5 Å². The third-order valence-electron chi connectivity index (χ3n) is 5.12. The summed E-state index contributed by atoms with van der Waals surface area (Å²) in [6.07, 6.45) is 1.87. The predicted octanol–water partition coefficient (Wildman–Crippen LogP) is 2.42. The van der Waals surface area contributed by atoms with Crippen molar-refractivity contribution in [2.75, 3.05) is 29.2 Å². The minimum absolute atomic E-state index is 0.148. The minimum Gasteiger partial charge on any atom is -0.495 e. The molecule has 0 aromatic heterocycles. The van der Waals surface area contributed by atoms with Gasteiger partial charge >= 0.3 is 11.8 Å². The Balaban J connectivity index is 1.51. The Morgan fingerprint density at radius 1 is 1.00 bits per heavy atom. The van der Waals surface area contributed by atoms with Crippen molar-refractivity contribution in [1.29, 1.82) is 0 Å². The molecule has 2 aliphatic heterocycles. The molecule has 2 aromatic rings. The molecule has 3 amide bonds. The number of amides is 3. The van der Waals surface area contributed by atoms with Crippen LogP contribution in [0.2, 0.25) is 0 Å². The molecule has 2 heterocycles. The minimum atomic E-state index is -0.769. The Morgan fingerprint density at radius 2 is 1.71 bits per heavy atom. The van der Waals surface area contributed by atoms with Gasteiger partial charge in [-0.05, 0) is 60.7 Å². The summed E-state index contributed by atoms with van der Waals surface area (Å²) in [5.41, 5.74) is 4.99. The Hall–Kier alpha value is -3.35. The van der Waals surface area contributed by atoms with E-state index in [1.165, 1.54) is 7.11 Å². The molecule has 0 spiro atoms. The first-order chi connectivity index (χ1) is 13.5. The van der Waals surface area contributed by atoms with Crippen molar-refractivity contribution in [3.63, 3.8) is 0 Å². The first-order valence-corrected chi connectivity index (χ1v) is 9.19. The summed E-state index contributed by atoms with van der Waals surface area (Å²) < 4.78 is 5.23. The molecular formula is C21H21N3O4. The summed E-state index contributed by atoms with van der Waals surface area (Å²) in [4.78, 5) is 38.6. The molecule has 0 saturated heterocycles. The van der Waals surface area contributed by atoms with Crippen molar-refractivity contribution >= 4 is 34.8 Å². The van der Waals surface area contributed by atoms with Gasteiger partial charge in [-0.15, -0.1) is 0 Å². The fourth-order valence-electron chi connectivity index (χ4n) is 3.82. The molecule has 0 bridgehead atoms. The molecule has 0 aliphatic carbocycles. The Kier molecular flexibility index (Phi) is 4.50.